The molecule has 18 nitrogen and oxygen atoms in total. The summed E-state index contributed by atoms with van der Waals surface area (Å²) in [6, 6.07) is 0. The van der Waals surface area contributed by atoms with Crippen molar-refractivity contribution in [2.75, 3.05) is 49.0 Å². The third kappa shape index (κ3) is 8.81. The number of hydrogen-bond donors (Lipinski definition) is 6. The Morgan fingerprint density at radius 3 is 1.43 bits per heavy atom. The van der Waals surface area contributed by atoms with E-state index in [1.807, 2.05) is 0 Å². The first kappa shape index (κ1) is 31.1. The van der Waals surface area contributed by atoms with Crippen molar-refractivity contribution in [3.8, 4) is 0 Å². The van der Waals surface area contributed by atoms with Crippen LogP contribution in [0.5, 0.6) is 0 Å². The van der Waals surface area contributed by atoms with E-state index in [1.54, 1.807) is 35.6 Å². The summed E-state index contributed by atoms with van der Waals surface area (Å²) in [7, 11) is -6.37. The second kappa shape index (κ2) is 12.4. The highest BCUT2D eigenvalue weighted by Crippen LogP contribution is 2.36. The number of nitrogens with zero attached hydrogens (tertiary/aromatic N) is 8. The van der Waals surface area contributed by atoms with Gasteiger partial charge in [0.05, 0.1) is 38.0 Å². The van der Waals surface area contributed by atoms with Gasteiger partial charge in [-0.3, -0.25) is 9.13 Å². The maximum Gasteiger partial charge on any atom is 0.224 e. The molecule has 0 aliphatic rings. The fraction of sp³-hybridized carbons (Fsp3) is 0.500. The van der Waals surface area contributed by atoms with Crippen molar-refractivity contribution >= 4 is 60.6 Å². The van der Waals surface area contributed by atoms with Gasteiger partial charge in [0.2, 0.25) is 26.6 Å². The smallest absolute Gasteiger partial charge is 0.224 e. The Morgan fingerprint density at radius 1 is 0.750 bits per heavy atom. The first-order valence-corrected chi connectivity index (χ1v) is 16.4. The molecule has 4 aromatic rings. The van der Waals surface area contributed by atoms with Gasteiger partial charge < -0.3 is 51.3 Å². The van der Waals surface area contributed by atoms with E-state index in [9.17, 15) is 18.9 Å². The number of imidazole rings is 2. The molecule has 10 N–H and O–H groups in total. The molecule has 0 aromatic carbocycles. The van der Waals surface area contributed by atoms with Gasteiger partial charge in [-0.15, -0.1) is 0 Å². The van der Waals surface area contributed by atoms with Crippen LogP contribution in [0.2, 0.25) is 0 Å². The summed E-state index contributed by atoms with van der Waals surface area (Å²) in [6.45, 7) is 6.89. The lowest BCUT2D eigenvalue weighted by Crippen LogP contribution is -2.17. The molecule has 0 saturated carbocycles. The lowest BCUT2D eigenvalue weighted by atomic mass is 10.4. The zero-order valence-electron chi connectivity index (χ0n) is 22.4. The van der Waals surface area contributed by atoms with E-state index < -0.39 is 14.7 Å². The normalized spacial score (nSPS) is 16.1. The molecular formula is C20H34N12O6P2. The summed E-state index contributed by atoms with van der Waals surface area (Å²) >= 11 is 0. The van der Waals surface area contributed by atoms with E-state index in [0.717, 1.165) is 0 Å². The molecule has 4 atom stereocenters. The molecule has 0 amide bonds. The molecule has 0 aliphatic carbocycles. The number of ether oxygens (including phenoxy) is 2. The first-order chi connectivity index (χ1) is 18.5. The van der Waals surface area contributed by atoms with Crippen molar-refractivity contribution in [3.05, 3.63) is 12.7 Å². The molecule has 0 aliphatic heterocycles. The number of nitrogens with two attached hydrogens (primary N) is 4. The number of rotatable bonds is 10. The lowest BCUT2D eigenvalue weighted by molar-refractivity contribution is 0.0829. The number of aromatic nitrogens is 8. The van der Waals surface area contributed by atoms with E-state index >= 15 is 0 Å². The fourth-order valence-corrected chi connectivity index (χ4v) is 4.49. The minimum atomic E-state index is -3.19. The van der Waals surface area contributed by atoms with Crippen LogP contribution >= 0.6 is 14.7 Å². The van der Waals surface area contributed by atoms with Crippen LogP contribution in [-0.4, -0.2) is 87.1 Å². The molecule has 220 valence electrons. The molecule has 0 spiro atoms. The topological polar surface area (TPSA) is 284 Å². The van der Waals surface area contributed by atoms with Crippen LogP contribution in [-0.2, 0) is 31.7 Å². The quantitative estimate of drug-likeness (QED) is 0.135. The third-order valence-corrected chi connectivity index (χ3v) is 6.38. The SMILES string of the molecule is C[C@H](Cn1cnc2c(N)nc(N)nc21)OCP(C)(=O)O.C[C@H](Cn1cnc2c(N)nc(N)nc21)OCP(C)(=O)O. The summed E-state index contributed by atoms with van der Waals surface area (Å²) in [5.41, 5.74) is 24.5. The number of nitrogen functional groups attached to an aromatic ring is 4. The average Bonchev–Trinajstić information content (AvgIpc) is 3.40. The number of fused-ring (bicyclic) bond motifs is 2. The minimum absolute atomic E-state index is 0.0683. The van der Waals surface area contributed by atoms with Gasteiger partial charge in [0, 0.05) is 13.3 Å². The van der Waals surface area contributed by atoms with Crippen LogP contribution < -0.4 is 22.9 Å². The monoisotopic (exact) mass is 600 g/mol. The Kier molecular flexibility index (Phi) is 9.66. The van der Waals surface area contributed by atoms with E-state index in [4.69, 9.17) is 32.4 Å². The van der Waals surface area contributed by atoms with E-state index in [2.05, 4.69) is 29.9 Å². The molecule has 0 fully saturated rings. The summed E-state index contributed by atoms with van der Waals surface area (Å²) in [5, 5.41) is 0. The van der Waals surface area contributed by atoms with Crippen LogP contribution in [0, 0.1) is 0 Å². The minimum Gasteiger partial charge on any atom is -0.382 e. The Bertz CT molecular complexity index is 1450. The average molecular weight is 601 g/mol. The Hall–Kier alpha value is -3.40. The highest BCUT2D eigenvalue weighted by atomic mass is 31.2. The van der Waals surface area contributed by atoms with Gasteiger partial charge in [-0.25, -0.2) is 9.97 Å². The fourth-order valence-electron chi connectivity index (χ4n) is 3.42. The summed E-state index contributed by atoms with van der Waals surface area (Å²) in [6.07, 6.45) is 2.15. The zero-order valence-corrected chi connectivity index (χ0v) is 24.2. The zero-order chi connectivity index (χ0) is 29.8. The van der Waals surface area contributed by atoms with E-state index in [-0.39, 0.29) is 48.4 Å². The van der Waals surface area contributed by atoms with Crippen molar-refractivity contribution < 1.29 is 28.4 Å². The standard InChI is InChI=1S/2C10H17N6O3P/c2*1-6(19-5-20(2,17)18)3-16-4-13-7-8(11)14-10(12)15-9(7)16/h2*4,6H,3,5H2,1-2H3,(H,17,18)(H4,11,12,14,15)/t2*6-/m11/s1. The summed E-state index contributed by atoms with van der Waals surface area (Å²) in [4.78, 5) is 42.5. The van der Waals surface area contributed by atoms with E-state index in [1.165, 1.54) is 13.3 Å². The van der Waals surface area contributed by atoms with Crippen molar-refractivity contribution in [1.29, 1.82) is 0 Å². The molecule has 0 saturated heterocycles. The molecule has 4 rings (SSSR count). The van der Waals surface area contributed by atoms with E-state index in [0.29, 0.717) is 35.4 Å². The van der Waals surface area contributed by atoms with Gasteiger partial charge in [0.25, 0.3) is 0 Å². The largest absolute Gasteiger partial charge is 0.382 e. The molecule has 2 unspecified atom stereocenters. The molecule has 0 bridgehead atoms. The highest BCUT2D eigenvalue weighted by molar-refractivity contribution is 7.57. The van der Waals surface area contributed by atoms with Gasteiger partial charge >= 0.3 is 0 Å². The summed E-state index contributed by atoms with van der Waals surface area (Å²) < 4.78 is 36.4. The predicted octanol–water partition coefficient (Wildman–Crippen LogP) is 0.507. The van der Waals surface area contributed by atoms with Crippen LogP contribution in [0.25, 0.3) is 22.3 Å². The van der Waals surface area contributed by atoms with Crippen LogP contribution in [0.4, 0.5) is 23.5 Å². The van der Waals surface area contributed by atoms with Crippen LogP contribution in [0.15, 0.2) is 12.7 Å². The van der Waals surface area contributed by atoms with Gasteiger partial charge in [-0.05, 0) is 13.8 Å². The Morgan fingerprint density at radius 2 is 1.10 bits per heavy atom. The molecule has 4 heterocycles. The van der Waals surface area contributed by atoms with Crippen molar-refractivity contribution in [1.82, 2.24) is 39.0 Å². The molecule has 0 radical (unpaired) electrons. The summed E-state index contributed by atoms with van der Waals surface area (Å²) in [5.74, 6) is 0.568. The lowest BCUT2D eigenvalue weighted by Gasteiger charge is -2.15. The number of anilines is 4. The molecule has 4 aromatic heterocycles. The Balaban J connectivity index is 0.000000220. The van der Waals surface area contributed by atoms with Crippen molar-refractivity contribution in [3.63, 3.8) is 0 Å². The maximum absolute atomic E-state index is 11.2. The third-order valence-electron chi connectivity index (χ3n) is 5.12. The van der Waals surface area contributed by atoms with Gasteiger partial charge in [0.1, 0.15) is 23.7 Å². The number of hydrogen-bond acceptors (Lipinski definition) is 14. The molecular weight excluding hydrogens is 566 g/mol. The van der Waals surface area contributed by atoms with Crippen molar-refractivity contribution in [2.24, 2.45) is 0 Å². The highest BCUT2D eigenvalue weighted by Gasteiger charge is 2.17. The Labute approximate surface area is 229 Å². The van der Waals surface area contributed by atoms with Crippen molar-refractivity contribution in [2.45, 2.75) is 39.1 Å². The van der Waals surface area contributed by atoms with Crippen LogP contribution in [0.1, 0.15) is 13.8 Å². The van der Waals surface area contributed by atoms with Gasteiger partial charge in [-0.2, -0.15) is 19.9 Å². The second-order valence-corrected chi connectivity index (χ2v) is 14.1. The van der Waals surface area contributed by atoms with Crippen LogP contribution in [0.3, 0.4) is 0 Å². The van der Waals surface area contributed by atoms with Gasteiger partial charge in [0.15, 0.2) is 22.9 Å². The first-order valence-electron chi connectivity index (χ1n) is 11.8. The van der Waals surface area contributed by atoms with Gasteiger partial charge in [-0.1, -0.05) is 0 Å². The maximum atomic E-state index is 11.2. The predicted molar refractivity (Wildman–Crippen MR) is 151 cm³/mol. The molecule has 20 heteroatoms. The second-order valence-electron chi connectivity index (χ2n) is 9.39. The molecule has 40 heavy (non-hydrogen) atoms.